The van der Waals surface area contributed by atoms with E-state index in [0.29, 0.717) is 22.7 Å². The molecule has 0 fully saturated rings. The monoisotopic (exact) mass is 415 g/mol. The van der Waals surface area contributed by atoms with Crippen LogP contribution in [0, 0.1) is 6.92 Å². The third-order valence-corrected chi connectivity index (χ3v) is 4.70. The Morgan fingerprint density at radius 3 is 2.48 bits per heavy atom. The Hall–Kier alpha value is -4.06. The van der Waals surface area contributed by atoms with Crippen molar-refractivity contribution in [3.05, 3.63) is 95.6 Å². The Balaban J connectivity index is 1.48. The van der Waals surface area contributed by atoms with E-state index in [2.05, 4.69) is 5.32 Å². The summed E-state index contributed by atoms with van der Waals surface area (Å²) < 4.78 is 16.1. The van der Waals surface area contributed by atoms with Crippen LogP contribution < -0.4 is 14.8 Å². The second-order valence-corrected chi connectivity index (χ2v) is 7.03. The lowest BCUT2D eigenvalue weighted by atomic mass is 10.1. The van der Waals surface area contributed by atoms with Gasteiger partial charge < -0.3 is 19.5 Å². The van der Waals surface area contributed by atoms with Crippen molar-refractivity contribution in [2.45, 2.75) is 13.0 Å². The van der Waals surface area contributed by atoms with Gasteiger partial charge in [-0.25, -0.2) is 4.79 Å². The molecule has 0 bridgehead atoms. The van der Waals surface area contributed by atoms with Crippen molar-refractivity contribution in [3.8, 4) is 11.5 Å². The lowest BCUT2D eigenvalue weighted by Crippen LogP contribution is -2.25. The molecule has 0 spiro atoms. The molecule has 0 saturated carbocycles. The van der Waals surface area contributed by atoms with Crippen LogP contribution >= 0.6 is 0 Å². The van der Waals surface area contributed by atoms with Crippen LogP contribution in [0.5, 0.6) is 11.5 Å². The number of hydrogen-bond donors (Lipinski definition) is 1. The van der Waals surface area contributed by atoms with Crippen molar-refractivity contribution in [1.29, 1.82) is 0 Å². The molecule has 1 amide bonds. The number of nitrogens with one attached hydrogen (secondary N) is 1. The first-order valence-electron chi connectivity index (χ1n) is 9.79. The molecular formula is C25H21NO5. The molecule has 1 aliphatic heterocycles. The third-order valence-electron chi connectivity index (χ3n) is 4.70. The van der Waals surface area contributed by atoms with Crippen molar-refractivity contribution < 1.29 is 23.8 Å². The second kappa shape index (κ2) is 9.17. The number of ether oxygens (including phenoxy) is 3. The van der Waals surface area contributed by atoms with E-state index in [1.54, 1.807) is 60.7 Å². The Bertz CT molecular complexity index is 1110. The van der Waals surface area contributed by atoms with E-state index in [9.17, 15) is 9.59 Å². The summed E-state index contributed by atoms with van der Waals surface area (Å²) in [6, 6.07) is 21.6. The number of amides is 1. The Kier molecular flexibility index (Phi) is 5.98. The van der Waals surface area contributed by atoms with Gasteiger partial charge >= 0.3 is 5.97 Å². The SMILES string of the molecule is Cc1ccc(NC(=O)[C@@H](OC(=O)/C=C/c2ccc3c(c2)OCO3)c2ccccc2)cc1. The number of carbonyl (C=O) groups is 2. The van der Waals surface area contributed by atoms with Crippen LogP contribution in [-0.4, -0.2) is 18.7 Å². The molecule has 1 heterocycles. The number of rotatable bonds is 6. The van der Waals surface area contributed by atoms with Gasteiger partial charge in [-0.2, -0.15) is 0 Å². The molecule has 0 saturated heterocycles. The minimum Gasteiger partial charge on any atom is -0.454 e. The summed E-state index contributed by atoms with van der Waals surface area (Å²) in [6.07, 6.45) is 1.80. The van der Waals surface area contributed by atoms with Gasteiger partial charge in [0, 0.05) is 17.3 Å². The molecular weight excluding hydrogens is 394 g/mol. The number of esters is 1. The number of anilines is 1. The number of fused-ring (bicyclic) bond motifs is 1. The predicted octanol–water partition coefficient (Wildman–Crippen LogP) is 4.66. The Morgan fingerprint density at radius 2 is 1.71 bits per heavy atom. The summed E-state index contributed by atoms with van der Waals surface area (Å²) in [5, 5.41) is 2.80. The quantitative estimate of drug-likeness (QED) is 0.468. The highest BCUT2D eigenvalue weighted by Crippen LogP contribution is 2.32. The van der Waals surface area contributed by atoms with Crippen LogP contribution in [0.1, 0.15) is 22.8 Å². The fourth-order valence-electron chi connectivity index (χ4n) is 3.08. The highest BCUT2D eigenvalue weighted by molar-refractivity contribution is 5.97. The summed E-state index contributed by atoms with van der Waals surface area (Å²) in [4.78, 5) is 25.4. The minimum absolute atomic E-state index is 0.180. The standard InChI is InChI=1S/C25H21NO5/c1-17-7-11-20(12-8-17)26-25(28)24(19-5-3-2-4-6-19)31-23(27)14-10-18-9-13-21-22(15-18)30-16-29-21/h2-15,24H,16H2,1H3,(H,26,28)/b14-10+/t24-/m0/s1. The van der Waals surface area contributed by atoms with Gasteiger partial charge in [-0.1, -0.05) is 54.1 Å². The van der Waals surface area contributed by atoms with Gasteiger partial charge in [0.1, 0.15) is 0 Å². The third kappa shape index (κ3) is 5.11. The zero-order valence-electron chi connectivity index (χ0n) is 16.9. The molecule has 1 atom stereocenters. The van der Waals surface area contributed by atoms with Crippen LogP contribution in [0.25, 0.3) is 6.08 Å². The maximum Gasteiger partial charge on any atom is 0.331 e. The highest BCUT2D eigenvalue weighted by atomic mass is 16.7. The van der Waals surface area contributed by atoms with Gasteiger partial charge in [0.15, 0.2) is 11.5 Å². The first-order valence-corrected chi connectivity index (χ1v) is 9.79. The average Bonchev–Trinajstić information content (AvgIpc) is 3.26. The minimum atomic E-state index is -1.09. The molecule has 0 unspecified atom stereocenters. The maximum atomic E-state index is 12.9. The van der Waals surface area contributed by atoms with Gasteiger partial charge in [0.2, 0.25) is 12.9 Å². The number of aryl methyl sites for hydroxylation is 1. The van der Waals surface area contributed by atoms with E-state index in [0.717, 1.165) is 11.1 Å². The molecule has 6 nitrogen and oxygen atoms in total. The van der Waals surface area contributed by atoms with Gasteiger partial charge in [-0.05, 0) is 42.8 Å². The summed E-state index contributed by atoms with van der Waals surface area (Å²) >= 11 is 0. The fourth-order valence-corrected chi connectivity index (χ4v) is 3.08. The van der Waals surface area contributed by atoms with E-state index in [1.807, 2.05) is 25.1 Å². The van der Waals surface area contributed by atoms with Gasteiger partial charge in [-0.15, -0.1) is 0 Å². The second-order valence-electron chi connectivity index (χ2n) is 7.03. The summed E-state index contributed by atoms with van der Waals surface area (Å²) in [6.45, 7) is 2.14. The summed E-state index contributed by atoms with van der Waals surface area (Å²) in [5.41, 5.74) is 3.04. The number of hydrogen-bond acceptors (Lipinski definition) is 5. The zero-order valence-corrected chi connectivity index (χ0v) is 16.9. The van der Waals surface area contributed by atoms with Gasteiger partial charge in [0.25, 0.3) is 5.91 Å². The molecule has 6 heteroatoms. The molecule has 3 aromatic rings. The number of benzene rings is 3. The van der Waals surface area contributed by atoms with Gasteiger partial charge in [-0.3, -0.25) is 4.79 Å². The largest absolute Gasteiger partial charge is 0.454 e. The lowest BCUT2D eigenvalue weighted by Gasteiger charge is -2.17. The van der Waals surface area contributed by atoms with Crippen molar-refractivity contribution in [3.63, 3.8) is 0 Å². The van der Waals surface area contributed by atoms with E-state index in [1.165, 1.54) is 6.08 Å². The molecule has 4 rings (SSSR count). The van der Waals surface area contributed by atoms with Crippen molar-refractivity contribution in [2.75, 3.05) is 12.1 Å². The first kappa shape index (κ1) is 20.2. The highest BCUT2D eigenvalue weighted by Gasteiger charge is 2.24. The average molecular weight is 415 g/mol. The van der Waals surface area contributed by atoms with Crippen LogP contribution in [0.3, 0.4) is 0 Å². The van der Waals surface area contributed by atoms with E-state index < -0.39 is 18.0 Å². The molecule has 1 N–H and O–H groups in total. The van der Waals surface area contributed by atoms with E-state index in [-0.39, 0.29) is 6.79 Å². The van der Waals surface area contributed by atoms with Crippen molar-refractivity contribution >= 4 is 23.6 Å². The lowest BCUT2D eigenvalue weighted by molar-refractivity contribution is -0.149. The molecule has 0 aromatic heterocycles. The maximum absolute atomic E-state index is 12.9. The predicted molar refractivity (Wildman–Crippen MR) is 117 cm³/mol. The fraction of sp³-hybridized carbons (Fsp3) is 0.120. The Labute approximate surface area is 180 Å². The van der Waals surface area contributed by atoms with Crippen LogP contribution in [-0.2, 0) is 14.3 Å². The molecule has 31 heavy (non-hydrogen) atoms. The first-order chi connectivity index (χ1) is 15.1. The van der Waals surface area contributed by atoms with Crippen molar-refractivity contribution in [2.24, 2.45) is 0 Å². The normalized spacial score (nSPS) is 13.1. The molecule has 3 aromatic carbocycles. The molecule has 156 valence electrons. The molecule has 0 aliphatic carbocycles. The van der Waals surface area contributed by atoms with E-state index in [4.69, 9.17) is 14.2 Å². The summed E-state index contributed by atoms with van der Waals surface area (Å²) in [5.74, 6) is 0.220. The van der Waals surface area contributed by atoms with Gasteiger partial charge in [0.05, 0.1) is 0 Å². The van der Waals surface area contributed by atoms with Crippen LogP contribution in [0.2, 0.25) is 0 Å². The van der Waals surface area contributed by atoms with Crippen LogP contribution in [0.4, 0.5) is 5.69 Å². The van der Waals surface area contributed by atoms with Crippen LogP contribution in [0.15, 0.2) is 78.9 Å². The molecule has 1 aliphatic rings. The van der Waals surface area contributed by atoms with Crippen molar-refractivity contribution in [1.82, 2.24) is 0 Å². The zero-order chi connectivity index (χ0) is 21.6. The molecule has 0 radical (unpaired) electrons. The number of carbonyl (C=O) groups excluding carboxylic acids is 2. The smallest absolute Gasteiger partial charge is 0.331 e. The summed E-state index contributed by atoms with van der Waals surface area (Å²) in [7, 11) is 0. The topological polar surface area (TPSA) is 73.9 Å². The van der Waals surface area contributed by atoms with E-state index >= 15 is 0 Å². The Morgan fingerprint density at radius 1 is 0.968 bits per heavy atom.